The van der Waals surface area contributed by atoms with Crippen LogP contribution in [0.3, 0.4) is 0 Å². The van der Waals surface area contributed by atoms with Gasteiger partial charge in [-0.1, -0.05) is 0 Å². The van der Waals surface area contributed by atoms with E-state index in [0.717, 1.165) is 5.76 Å². The fourth-order valence-corrected chi connectivity index (χ4v) is 1.71. The summed E-state index contributed by atoms with van der Waals surface area (Å²) >= 11 is 0. The van der Waals surface area contributed by atoms with Crippen LogP contribution in [0.4, 0.5) is 0 Å². The van der Waals surface area contributed by atoms with E-state index in [9.17, 15) is 9.59 Å². The Hall–Kier alpha value is -2.44. The van der Waals surface area contributed by atoms with Crippen molar-refractivity contribution in [2.45, 2.75) is 39.9 Å². The molecule has 0 spiro atoms. The minimum atomic E-state index is -0.117. The predicted molar refractivity (Wildman–Crippen MR) is 88.0 cm³/mol. The first-order chi connectivity index (χ1) is 11.4. The lowest BCUT2D eigenvalue weighted by Gasteiger charge is -1.92. The van der Waals surface area contributed by atoms with E-state index in [1.807, 2.05) is 0 Å². The van der Waals surface area contributed by atoms with E-state index < -0.39 is 0 Å². The Morgan fingerprint density at radius 2 is 1.54 bits per heavy atom. The van der Waals surface area contributed by atoms with Crippen molar-refractivity contribution >= 4 is 17.6 Å². The highest BCUT2D eigenvalue weighted by atomic mass is 16.4. The van der Waals surface area contributed by atoms with Crippen LogP contribution in [-0.4, -0.2) is 21.8 Å². The number of aryl methyl sites for hydroxylation is 1. The van der Waals surface area contributed by atoms with Crippen LogP contribution in [0.15, 0.2) is 39.2 Å². The molecule has 6 nitrogen and oxygen atoms in total. The van der Waals surface area contributed by atoms with Gasteiger partial charge in [-0.15, -0.1) is 0 Å². The highest BCUT2D eigenvalue weighted by Gasteiger charge is 2.02. The average Bonchev–Trinajstić information content (AvgIpc) is 3.20. The van der Waals surface area contributed by atoms with E-state index in [0.29, 0.717) is 30.1 Å². The third-order valence-corrected chi connectivity index (χ3v) is 2.92. The molecule has 0 bridgehead atoms. The van der Waals surface area contributed by atoms with Crippen LogP contribution < -0.4 is 0 Å². The van der Waals surface area contributed by atoms with Crippen molar-refractivity contribution in [1.29, 1.82) is 0 Å². The van der Waals surface area contributed by atoms with Crippen LogP contribution in [-0.2, 0) is 29.2 Å². The molecule has 2 heterocycles. The van der Waals surface area contributed by atoms with Gasteiger partial charge < -0.3 is 23.8 Å². The largest absolute Gasteiger partial charge is 0.464 e. The average molecular weight is 334 g/mol. The van der Waals surface area contributed by atoms with Gasteiger partial charge in [0.15, 0.2) is 5.78 Å². The molecule has 0 aliphatic carbocycles. The third kappa shape index (κ3) is 7.71. The first kappa shape index (κ1) is 19.6. The number of rotatable bonds is 7. The summed E-state index contributed by atoms with van der Waals surface area (Å²) < 4.78 is 10.3. The van der Waals surface area contributed by atoms with Crippen molar-refractivity contribution in [3.05, 3.63) is 53.4 Å². The summed E-state index contributed by atoms with van der Waals surface area (Å²) in [5.41, 5.74) is 0. The molecule has 0 radical (unpaired) electrons. The van der Waals surface area contributed by atoms with Gasteiger partial charge in [-0.2, -0.15) is 0 Å². The molecular weight excluding hydrogens is 312 g/mol. The SMILES string of the molecule is CC(=O)/C=C/c1ccc(CO)o1.CC(=O)CCc1ccc(CO)o1. The van der Waals surface area contributed by atoms with Crippen LogP contribution in [0.25, 0.3) is 6.08 Å². The highest BCUT2D eigenvalue weighted by molar-refractivity contribution is 5.91. The third-order valence-electron chi connectivity index (χ3n) is 2.92. The second-order valence-electron chi connectivity index (χ2n) is 5.13. The first-order valence-corrected chi connectivity index (χ1v) is 7.50. The second kappa shape index (κ2) is 10.4. The smallest absolute Gasteiger partial charge is 0.152 e. The molecule has 0 atom stereocenters. The molecule has 2 rings (SSSR count). The molecule has 130 valence electrons. The summed E-state index contributed by atoms with van der Waals surface area (Å²) in [5.74, 6) is 2.50. The van der Waals surface area contributed by atoms with Gasteiger partial charge in [0.05, 0.1) is 0 Å². The Balaban J connectivity index is 0.000000240. The van der Waals surface area contributed by atoms with Gasteiger partial charge >= 0.3 is 0 Å². The van der Waals surface area contributed by atoms with Crippen molar-refractivity contribution in [1.82, 2.24) is 0 Å². The fourth-order valence-electron chi connectivity index (χ4n) is 1.71. The lowest BCUT2D eigenvalue weighted by atomic mass is 10.2. The number of hydrogen-bond donors (Lipinski definition) is 2. The van der Waals surface area contributed by atoms with Crippen LogP contribution in [0.2, 0.25) is 0 Å². The van der Waals surface area contributed by atoms with Crippen molar-refractivity contribution in [2.75, 3.05) is 0 Å². The number of carbonyl (C=O) groups excluding carboxylic acids is 2. The normalized spacial score (nSPS) is 10.5. The van der Waals surface area contributed by atoms with Crippen molar-refractivity contribution in [2.24, 2.45) is 0 Å². The Kier molecular flexibility index (Phi) is 8.46. The van der Waals surface area contributed by atoms with Crippen LogP contribution in [0.5, 0.6) is 0 Å². The molecule has 0 aromatic carbocycles. The summed E-state index contributed by atoms with van der Waals surface area (Å²) in [5, 5.41) is 17.3. The number of aliphatic hydroxyl groups is 2. The van der Waals surface area contributed by atoms with E-state index in [1.54, 1.807) is 37.3 Å². The Morgan fingerprint density at radius 3 is 2.04 bits per heavy atom. The van der Waals surface area contributed by atoms with Gasteiger partial charge in [-0.05, 0) is 50.3 Å². The van der Waals surface area contributed by atoms with Crippen molar-refractivity contribution in [3.8, 4) is 0 Å². The van der Waals surface area contributed by atoms with Crippen molar-refractivity contribution in [3.63, 3.8) is 0 Å². The van der Waals surface area contributed by atoms with E-state index in [1.165, 1.54) is 13.0 Å². The molecule has 2 N–H and O–H groups in total. The maximum atomic E-state index is 10.6. The zero-order valence-electron chi connectivity index (χ0n) is 13.8. The molecule has 24 heavy (non-hydrogen) atoms. The predicted octanol–water partition coefficient (Wildman–Crippen LogP) is 2.67. The van der Waals surface area contributed by atoms with E-state index in [2.05, 4.69) is 0 Å². The molecule has 0 aliphatic rings. The highest BCUT2D eigenvalue weighted by Crippen LogP contribution is 2.10. The van der Waals surface area contributed by atoms with Crippen molar-refractivity contribution < 1.29 is 28.6 Å². The lowest BCUT2D eigenvalue weighted by molar-refractivity contribution is -0.117. The minimum Gasteiger partial charge on any atom is -0.464 e. The number of aliphatic hydroxyl groups excluding tert-OH is 2. The van der Waals surface area contributed by atoms with Crippen LogP contribution in [0, 0.1) is 0 Å². The number of allylic oxidation sites excluding steroid dienone is 1. The number of carbonyl (C=O) groups is 2. The summed E-state index contributed by atoms with van der Waals surface area (Å²) in [4.78, 5) is 21.1. The maximum absolute atomic E-state index is 10.6. The molecule has 0 amide bonds. The standard InChI is InChI=1S/C9H12O3.C9H10O3/c2*1-7(11)2-3-8-4-5-9(6-10)12-8/h4-5,10H,2-3,6H2,1H3;2-5,10H,6H2,1H3/b;3-2+. The zero-order chi connectivity index (χ0) is 17.9. The van der Waals surface area contributed by atoms with Gasteiger partial charge in [0.25, 0.3) is 0 Å². The summed E-state index contributed by atoms with van der Waals surface area (Å²) in [6.07, 6.45) is 4.11. The lowest BCUT2D eigenvalue weighted by Crippen LogP contribution is -1.92. The van der Waals surface area contributed by atoms with Gasteiger partial charge in [0.1, 0.15) is 42.0 Å². The molecule has 0 saturated carbocycles. The number of Topliss-reactive ketones (excluding diaryl/α,β-unsaturated/α-hetero) is 1. The Morgan fingerprint density at radius 1 is 0.958 bits per heavy atom. The van der Waals surface area contributed by atoms with Gasteiger partial charge in [-0.3, -0.25) is 4.79 Å². The van der Waals surface area contributed by atoms with Gasteiger partial charge in [0.2, 0.25) is 0 Å². The van der Waals surface area contributed by atoms with Crippen LogP contribution in [0.1, 0.15) is 43.3 Å². The number of hydrogen-bond acceptors (Lipinski definition) is 6. The molecule has 2 aromatic rings. The molecule has 0 fully saturated rings. The summed E-state index contributed by atoms with van der Waals surface area (Å²) in [6, 6.07) is 6.87. The van der Waals surface area contributed by atoms with Gasteiger partial charge in [-0.25, -0.2) is 0 Å². The fraction of sp³-hybridized carbons (Fsp3) is 0.333. The second-order valence-corrected chi connectivity index (χ2v) is 5.13. The molecule has 2 aromatic heterocycles. The topological polar surface area (TPSA) is 101 Å². The Bertz CT molecular complexity index is 677. The molecule has 0 saturated heterocycles. The van der Waals surface area contributed by atoms with Gasteiger partial charge in [0, 0.05) is 12.8 Å². The number of furan rings is 2. The van der Waals surface area contributed by atoms with E-state index >= 15 is 0 Å². The first-order valence-electron chi connectivity index (χ1n) is 7.50. The molecule has 0 aliphatic heterocycles. The monoisotopic (exact) mass is 334 g/mol. The zero-order valence-corrected chi connectivity index (χ0v) is 13.8. The molecule has 0 unspecified atom stereocenters. The number of ketones is 2. The van der Waals surface area contributed by atoms with Crippen LogP contribution >= 0.6 is 0 Å². The minimum absolute atomic E-state index is 0.0306. The quantitative estimate of drug-likeness (QED) is 0.755. The molecular formula is C18H22O6. The van der Waals surface area contributed by atoms with E-state index in [4.69, 9.17) is 19.0 Å². The summed E-state index contributed by atoms with van der Waals surface area (Å²) in [6.45, 7) is 2.82. The van der Waals surface area contributed by atoms with E-state index in [-0.39, 0.29) is 24.8 Å². The maximum Gasteiger partial charge on any atom is 0.152 e. The summed E-state index contributed by atoms with van der Waals surface area (Å²) in [7, 11) is 0. The molecule has 6 heteroatoms. The Labute approximate surface area is 140 Å².